The molecule has 0 radical (unpaired) electrons. The maximum absolute atomic E-state index is 13.1. The second kappa shape index (κ2) is 4.58. The zero-order valence-corrected chi connectivity index (χ0v) is 8.00. The number of methoxy groups -OCH3 is 2. The average molecular weight is 195 g/mol. The highest BCUT2D eigenvalue weighted by Crippen LogP contribution is 2.26. The van der Waals surface area contributed by atoms with E-state index in [1.54, 1.807) is 12.1 Å². The summed E-state index contributed by atoms with van der Waals surface area (Å²) >= 11 is 0. The molecule has 1 rings (SSSR count). The Morgan fingerprint density at radius 1 is 1.43 bits per heavy atom. The van der Waals surface area contributed by atoms with Crippen LogP contribution in [0.4, 0.5) is 4.39 Å². The molecule has 0 aliphatic rings. The van der Waals surface area contributed by atoms with Crippen LogP contribution >= 0.6 is 0 Å². The third-order valence-electron chi connectivity index (χ3n) is 1.80. The molecule has 0 atom stereocenters. The van der Waals surface area contributed by atoms with E-state index in [0.29, 0.717) is 5.56 Å². The molecule has 14 heavy (non-hydrogen) atoms. The zero-order valence-electron chi connectivity index (χ0n) is 8.00. The van der Waals surface area contributed by atoms with Crippen LogP contribution in [0.15, 0.2) is 12.1 Å². The average Bonchev–Trinajstić information content (AvgIpc) is 2.20. The smallest absolute Gasteiger partial charge is 0.145 e. The van der Waals surface area contributed by atoms with Gasteiger partial charge >= 0.3 is 0 Å². The Morgan fingerprint density at radius 3 is 2.64 bits per heavy atom. The molecule has 74 valence electrons. The Kier molecular flexibility index (Phi) is 3.43. The summed E-state index contributed by atoms with van der Waals surface area (Å²) in [5.41, 5.74) is 0.579. The SMILES string of the molecule is COCc1ccc(F)c(C#N)c1OC. The Balaban J connectivity index is 3.27. The van der Waals surface area contributed by atoms with Crippen LogP contribution in [0.2, 0.25) is 0 Å². The van der Waals surface area contributed by atoms with Crippen molar-refractivity contribution in [1.29, 1.82) is 5.26 Å². The molecule has 0 bridgehead atoms. The van der Waals surface area contributed by atoms with Crippen molar-refractivity contribution in [3.63, 3.8) is 0 Å². The highest BCUT2D eigenvalue weighted by Gasteiger charge is 2.13. The van der Waals surface area contributed by atoms with E-state index >= 15 is 0 Å². The van der Waals surface area contributed by atoms with Crippen LogP contribution in [0, 0.1) is 17.1 Å². The van der Waals surface area contributed by atoms with E-state index in [1.165, 1.54) is 20.3 Å². The van der Waals surface area contributed by atoms with Crippen LogP contribution in [-0.2, 0) is 11.3 Å². The first-order chi connectivity index (χ1) is 6.74. The van der Waals surface area contributed by atoms with E-state index in [4.69, 9.17) is 14.7 Å². The lowest BCUT2D eigenvalue weighted by molar-refractivity contribution is 0.181. The van der Waals surface area contributed by atoms with Crippen molar-refractivity contribution in [1.82, 2.24) is 0 Å². The largest absolute Gasteiger partial charge is 0.495 e. The molecular formula is C10H10FNO2. The Morgan fingerprint density at radius 2 is 2.14 bits per heavy atom. The molecule has 0 amide bonds. The van der Waals surface area contributed by atoms with E-state index < -0.39 is 5.82 Å². The highest BCUT2D eigenvalue weighted by atomic mass is 19.1. The van der Waals surface area contributed by atoms with E-state index in [2.05, 4.69) is 0 Å². The highest BCUT2D eigenvalue weighted by molar-refractivity contribution is 5.49. The van der Waals surface area contributed by atoms with Gasteiger partial charge in [0.05, 0.1) is 13.7 Å². The van der Waals surface area contributed by atoms with E-state index in [9.17, 15) is 4.39 Å². The summed E-state index contributed by atoms with van der Waals surface area (Å²) in [5.74, 6) is -0.335. The lowest BCUT2D eigenvalue weighted by Crippen LogP contribution is -1.99. The molecule has 0 N–H and O–H groups in total. The lowest BCUT2D eigenvalue weighted by Gasteiger charge is -2.09. The molecule has 1 aromatic carbocycles. The van der Waals surface area contributed by atoms with Gasteiger partial charge in [0.2, 0.25) is 0 Å². The topological polar surface area (TPSA) is 42.2 Å². The molecule has 0 aromatic heterocycles. The van der Waals surface area contributed by atoms with Crippen molar-refractivity contribution in [3.8, 4) is 11.8 Å². The Bertz CT molecular complexity index is 371. The molecule has 4 heteroatoms. The van der Waals surface area contributed by atoms with Gasteiger partial charge in [-0.3, -0.25) is 0 Å². The lowest BCUT2D eigenvalue weighted by atomic mass is 10.1. The molecule has 0 saturated carbocycles. The summed E-state index contributed by atoms with van der Waals surface area (Å²) in [6.07, 6.45) is 0. The minimum absolute atomic E-state index is 0.0814. The van der Waals surface area contributed by atoms with E-state index in [0.717, 1.165) is 0 Å². The van der Waals surface area contributed by atoms with Gasteiger partial charge in [-0.15, -0.1) is 0 Å². The van der Waals surface area contributed by atoms with Crippen molar-refractivity contribution in [2.45, 2.75) is 6.61 Å². The predicted octanol–water partition coefficient (Wildman–Crippen LogP) is 1.85. The van der Waals surface area contributed by atoms with Gasteiger partial charge in [-0.2, -0.15) is 5.26 Å². The third-order valence-corrected chi connectivity index (χ3v) is 1.80. The summed E-state index contributed by atoms with van der Waals surface area (Å²) < 4.78 is 23.0. The van der Waals surface area contributed by atoms with Crippen LogP contribution < -0.4 is 4.74 Å². The normalized spacial score (nSPS) is 9.57. The number of hydrogen-bond donors (Lipinski definition) is 0. The summed E-state index contributed by atoms with van der Waals surface area (Å²) in [6, 6.07) is 4.53. The van der Waals surface area contributed by atoms with Crippen molar-refractivity contribution in [3.05, 3.63) is 29.1 Å². The quantitative estimate of drug-likeness (QED) is 0.739. The Hall–Kier alpha value is -1.60. The maximum Gasteiger partial charge on any atom is 0.145 e. The second-order valence-electron chi connectivity index (χ2n) is 2.66. The van der Waals surface area contributed by atoms with Gasteiger partial charge in [0.1, 0.15) is 23.2 Å². The minimum Gasteiger partial charge on any atom is -0.495 e. The number of ether oxygens (including phenoxy) is 2. The molecule has 0 aliphatic carbocycles. The van der Waals surface area contributed by atoms with E-state index in [-0.39, 0.29) is 17.9 Å². The third kappa shape index (κ3) is 1.83. The minimum atomic E-state index is -0.579. The molecule has 0 aliphatic heterocycles. The first-order valence-corrected chi connectivity index (χ1v) is 3.99. The monoisotopic (exact) mass is 195 g/mol. The molecule has 0 fully saturated rings. The molecule has 0 heterocycles. The number of hydrogen-bond acceptors (Lipinski definition) is 3. The summed E-state index contributed by atoms with van der Waals surface area (Å²) in [7, 11) is 2.92. The van der Waals surface area contributed by atoms with Gasteiger partial charge < -0.3 is 9.47 Å². The predicted molar refractivity (Wildman–Crippen MR) is 48.4 cm³/mol. The van der Waals surface area contributed by atoms with Crippen LogP contribution in [0.1, 0.15) is 11.1 Å². The molecule has 3 nitrogen and oxygen atoms in total. The number of nitrogens with zero attached hydrogens (tertiary/aromatic N) is 1. The van der Waals surface area contributed by atoms with Gasteiger partial charge in [-0.05, 0) is 12.1 Å². The first-order valence-electron chi connectivity index (χ1n) is 3.99. The van der Waals surface area contributed by atoms with Crippen LogP contribution in [0.25, 0.3) is 0 Å². The van der Waals surface area contributed by atoms with Crippen LogP contribution in [0.5, 0.6) is 5.75 Å². The fourth-order valence-electron chi connectivity index (χ4n) is 1.21. The molecule has 0 saturated heterocycles. The summed E-state index contributed by atoms with van der Waals surface area (Å²) in [6.45, 7) is 0.290. The van der Waals surface area contributed by atoms with Gasteiger partial charge in [0.25, 0.3) is 0 Å². The van der Waals surface area contributed by atoms with Gasteiger partial charge in [0.15, 0.2) is 0 Å². The number of rotatable bonds is 3. The van der Waals surface area contributed by atoms with Gasteiger partial charge in [-0.25, -0.2) is 4.39 Å². The van der Waals surface area contributed by atoms with E-state index in [1.807, 2.05) is 0 Å². The summed E-state index contributed by atoms with van der Waals surface area (Å²) in [4.78, 5) is 0. The van der Waals surface area contributed by atoms with Crippen LogP contribution in [0.3, 0.4) is 0 Å². The van der Waals surface area contributed by atoms with Crippen molar-refractivity contribution >= 4 is 0 Å². The van der Waals surface area contributed by atoms with Crippen molar-refractivity contribution in [2.75, 3.05) is 14.2 Å². The molecule has 1 aromatic rings. The first kappa shape index (κ1) is 10.5. The van der Waals surface area contributed by atoms with Crippen molar-refractivity contribution < 1.29 is 13.9 Å². The molecule has 0 unspecified atom stereocenters. The number of halogens is 1. The molecule has 0 spiro atoms. The molecular weight excluding hydrogens is 185 g/mol. The van der Waals surface area contributed by atoms with Gasteiger partial charge in [0, 0.05) is 12.7 Å². The fourth-order valence-corrected chi connectivity index (χ4v) is 1.21. The number of benzene rings is 1. The van der Waals surface area contributed by atoms with Crippen LogP contribution in [-0.4, -0.2) is 14.2 Å². The second-order valence-corrected chi connectivity index (χ2v) is 2.66. The van der Waals surface area contributed by atoms with Gasteiger partial charge in [-0.1, -0.05) is 0 Å². The Labute approximate surface area is 81.7 Å². The summed E-state index contributed by atoms with van der Waals surface area (Å²) in [5, 5.41) is 8.71. The maximum atomic E-state index is 13.1. The van der Waals surface area contributed by atoms with Crippen molar-refractivity contribution in [2.24, 2.45) is 0 Å². The fraction of sp³-hybridized carbons (Fsp3) is 0.300. The number of nitriles is 1. The standard InChI is InChI=1S/C10H10FNO2/c1-13-6-7-3-4-9(11)8(5-12)10(7)14-2/h3-4H,6H2,1-2H3. The zero-order chi connectivity index (χ0) is 10.6.